The van der Waals surface area contributed by atoms with Crippen molar-refractivity contribution in [1.82, 2.24) is 0 Å². The Hall–Kier alpha value is -1.29. The molecule has 0 bridgehead atoms. The van der Waals surface area contributed by atoms with Crippen LogP contribution in [0.2, 0.25) is 0 Å². The van der Waals surface area contributed by atoms with E-state index in [2.05, 4.69) is 6.58 Å². The Morgan fingerprint density at radius 1 is 1.40 bits per heavy atom. The number of rotatable bonds is 2. The number of nitrogens with zero attached hydrogens (tertiary/aromatic N) is 1. The second-order valence-corrected chi connectivity index (χ2v) is 2.08. The standard InChI is InChI=1S/C9H11N/c1-4-8(2)5-6-9(3)7-10/h4-6H,1H2,2-3H3/b8-5-,9-6+. The second kappa shape index (κ2) is 4.58. The van der Waals surface area contributed by atoms with Gasteiger partial charge in [0.1, 0.15) is 0 Å². The zero-order valence-electron chi connectivity index (χ0n) is 6.39. The van der Waals surface area contributed by atoms with Crippen LogP contribution < -0.4 is 0 Å². The van der Waals surface area contributed by atoms with Crippen molar-refractivity contribution >= 4 is 0 Å². The van der Waals surface area contributed by atoms with Crippen LogP contribution in [0.1, 0.15) is 13.8 Å². The Balaban J connectivity index is 4.21. The van der Waals surface area contributed by atoms with E-state index in [0.717, 1.165) is 5.57 Å². The number of nitriles is 1. The molecule has 0 aromatic rings. The molecule has 1 heteroatoms. The third-order valence-corrected chi connectivity index (χ3v) is 1.09. The molecular weight excluding hydrogens is 122 g/mol. The van der Waals surface area contributed by atoms with Crippen LogP contribution in [0.25, 0.3) is 0 Å². The quantitative estimate of drug-likeness (QED) is 0.419. The minimum absolute atomic E-state index is 0.709. The fourth-order valence-electron chi connectivity index (χ4n) is 0.362. The SMILES string of the molecule is C=C/C(C)=C\C=C(/C)C#N. The Labute approximate surface area is 62.0 Å². The highest BCUT2D eigenvalue weighted by Gasteiger charge is 1.79. The zero-order chi connectivity index (χ0) is 7.98. The summed E-state index contributed by atoms with van der Waals surface area (Å²) in [7, 11) is 0. The van der Waals surface area contributed by atoms with Gasteiger partial charge in [-0.3, -0.25) is 0 Å². The molecule has 0 saturated carbocycles. The first-order chi connectivity index (χ1) is 4.70. The van der Waals surface area contributed by atoms with E-state index in [4.69, 9.17) is 5.26 Å². The van der Waals surface area contributed by atoms with Gasteiger partial charge >= 0.3 is 0 Å². The molecule has 0 N–H and O–H groups in total. The van der Waals surface area contributed by atoms with Gasteiger partial charge in [0.2, 0.25) is 0 Å². The van der Waals surface area contributed by atoms with Crippen molar-refractivity contribution < 1.29 is 0 Å². The molecule has 0 radical (unpaired) electrons. The van der Waals surface area contributed by atoms with Crippen molar-refractivity contribution in [2.45, 2.75) is 13.8 Å². The minimum atomic E-state index is 0.709. The molecule has 0 aromatic heterocycles. The monoisotopic (exact) mass is 133 g/mol. The molecular formula is C9H11N. The fourth-order valence-corrected chi connectivity index (χ4v) is 0.362. The van der Waals surface area contributed by atoms with Crippen LogP contribution in [0, 0.1) is 11.3 Å². The molecule has 0 atom stereocenters. The summed E-state index contributed by atoms with van der Waals surface area (Å²) >= 11 is 0. The van der Waals surface area contributed by atoms with Crippen LogP contribution >= 0.6 is 0 Å². The van der Waals surface area contributed by atoms with Gasteiger partial charge in [0, 0.05) is 5.57 Å². The lowest BCUT2D eigenvalue weighted by Gasteiger charge is -1.84. The van der Waals surface area contributed by atoms with Gasteiger partial charge < -0.3 is 0 Å². The highest BCUT2D eigenvalue weighted by Crippen LogP contribution is 1.96. The average Bonchev–Trinajstić information content (AvgIpc) is 1.99. The van der Waals surface area contributed by atoms with Crippen LogP contribution in [0.4, 0.5) is 0 Å². The third kappa shape index (κ3) is 3.68. The predicted molar refractivity (Wildman–Crippen MR) is 43.3 cm³/mol. The normalized spacial score (nSPS) is 12.5. The van der Waals surface area contributed by atoms with Crippen LogP contribution in [0.15, 0.2) is 36.0 Å². The summed E-state index contributed by atoms with van der Waals surface area (Å²) in [5.74, 6) is 0. The van der Waals surface area contributed by atoms with E-state index in [0.29, 0.717) is 5.57 Å². The summed E-state index contributed by atoms with van der Waals surface area (Å²) < 4.78 is 0. The summed E-state index contributed by atoms with van der Waals surface area (Å²) in [6.45, 7) is 7.29. The van der Waals surface area contributed by atoms with Gasteiger partial charge in [-0.2, -0.15) is 5.26 Å². The van der Waals surface area contributed by atoms with E-state index in [9.17, 15) is 0 Å². The van der Waals surface area contributed by atoms with Crippen LogP contribution in [-0.4, -0.2) is 0 Å². The highest BCUT2D eigenvalue weighted by atomic mass is 14.2. The molecule has 0 amide bonds. The van der Waals surface area contributed by atoms with Gasteiger partial charge in [-0.1, -0.05) is 24.3 Å². The lowest BCUT2D eigenvalue weighted by Crippen LogP contribution is -1.67. The molecule has 1 nitrogen and oxygen atoms in total. The minimum Gasteiger partial charge on any atom is -0.193 e. The molecule has 0 aliphatic rings. The Bertz CT molecular complexity index is 213. The number of hydrogen-bond acceptors (Lipinski definition) is 1. The Morgan fingerprint density at radius 3 is 2.40 bits per heavy atom. The molecule has 0 unspecified atom stereocenters. The van der Waals surface area contributed by atoms with Crippen molar-refractivity contribution in [2.24, 2.45) is 0 Å². The van der Waals surface area contributed by atoms with Gasteiger partial charge in [0.25, 0.3) is 0 Å². The van der Waals surface area contributed by atoms with E-state index < -0.39 is 0 Å². The molecule has 0 spiro atoms. The molecule has 0 aliphatic carbocycles. The lowest BCUT2D eigenvalue weighted by atomic mass is 10.2. The molecule has 52 valence electrons. The molecule has 10 heavy (non-hydrogen) atoms. The largest absolute Gasteiger partial charge is 0.193 e. The maximum absolute atomic E-state index is 8.35. The van der Waals surface area contributed by atoms with E-state index in [1.807, 2.05) is 19.1 Å². The average molecular weight is 133 g/mol. The summed E-state index contributed by atoms with van der Waals surface area (Å²) in [5.41, 5.74) is 1.77. The van der Waals surface area contributed by atoms with Gasteiger partial charge in [-0.15, -0.1) is 0 Å². The molecule has 0 heterocycles. The number of allylic oxidation sites excluding steroid dienone is 5. The van der Waals surface area contributed by atoms with Gasteiger partial charge in [0.15, 0.2) is 0 Å². The first-order valence-electron chi connectivity index (χ1n) is 3.08. The first-order valence-corrected chi connectivity index (χ1v) is 3.08. The summed E-state index contributed by atoms with van der Waals surface area (Å²) in [4.78, 5) is 0. The Morgan fingerprint density at radius 2 is 2.00 bits per heavy atom. The first kappa shape index (κ1) is 8.71. The van der Waals surface area contributed by atoms with Crippen molar-refractivity contribution in [3.05, 3.63) is 36.0 Å². The summed E-state index contributed by atoms with van der Waals surface area (Å²) in [6.07, 6.45) is 5.39. The fraction of sp³-hybridized carbons (Fsp3) is 0.222. The number of hydrogen-bond donors (Lipinski definition) is 0. The van der Waals surface area contributed by atoms with E-state index in [1.54, 1.807) is 19.1 Å². The van der Waals surface area contributed by atoms with Crippen molar-refractivity contribution in [3.63, 3.8) is 0 Å². The molecule has 0 fully saturated rings. The third-order valence-electron chi connectivity index (χ3n) is 1.09. The van der Waals surface area contributed by atoms with Gasteiger partial charge in [-0.25, -0.2) is 0 Å². The van der Waals surface area contributed by atoms with Crippen molar-refractivity contribution in [3.8, 4) is 6.07 Å². The Kier molecular flexibility index (Phi) is 3.99. The highest BCUT2D eigenvalue weighted by molar-refractivity contribution is 5.27. The van der Waals surface area contributed by atoms with Crippen molar-refractivity contribution in [2.75, 3.05) is 0 Å². The maximum atomic E-state index is 8.35. The zero-order valence-corrected chi connectivity index (χ0v) is 6.39. The lowest BCUT2D eigenvalue weighted by molar-refractivity contribution is 1.43. The van der Waals surface area contributed by atoms with Crippen molar-refractivity contribution in [1.29, 1.82) is 5.26 Å². The second-order valence-electron chi connectivity index (χ2n) is 2.08. The van der Waals surface area contributed by atoms with Crippen LogP contribution in [-0.2, 0) is 0 Å². The van der Waals surface area contributed by atoms with E-state index in [1.165, 1.54) is 0 Å². The van der Waals surface area contributed by atoms with E-state index in [-0.39, 0.29) is 0 Å². The molecule has 0 saturated heterocycles. The maximum Gasteiger partial charge on any atom is 0.0944 e. The van der Waals surface area contributed by atoms with Gasteiger partial charge in [-0.05, 0) is 19.9 Å². The summed E-state index contributed by atoms with van der Waals surface area (Å²) in [5, 5.41) is 8.35. The topological polar surface area (TPSA) is 23.8 Å². The van der Waals surface area contributed by atoms with Gasteiger partial charge in [0.05, 0.1) is 6.07 Å². The summed E-state index contributed by atoms with van der Waals surface area (Å²) in [6, 6.07) is 2.03. The van der Waals surface area contributed by atoms with Crippen LogP contribution in [0.3, 0.4) is 0 Å². The van der Waals surface area contributed by atoms with Crippen LogP contribution in [0.5, 0.6) is 0 Å². The van der Waals surface area contributed by atoms with E-state index >= 15 is 0 Å². The molecule has 0 aromatic carbocycles. The molecule has 0 aliphatic heterocycles. The molecule has 0 rings (SSSR count). The predicted octanol–water partition coefficient (Wildman–Crippen LogP) is 2.59. The smallest absolute Gasteiger partial charge is 0.0944 e.